The van der Waals surface area contributed by atoms with Gasteiger partial charge in [-0.05, 0) is 6.42 Å². The Balaban J connectivity index is 1.43. The van der Waals surface area contributed by atoms with Gasteiger partial charge < -0.3 is 14.8 Å². The second-order valence-corrected chi connectivity index (χ2v) is 7.03. The maximum absolute atomic E-state index is 12.3. The molecule has 3 aliphatic heterocycles. The van der Waals surface area contributed by atoms with E-state index in [2.05, 4.69) is 26.4 Å². The fraction of sp³-hybridized carbons (Fsp3) is 0.833. The highest BCUT2D eigenvalue weighted by atomic mass is 16.5. The molecule has 0 aromatic carbocycles. The Morgan fingerprint density at radius 1 is 1.28 bits per heavy atom. The molecule has 0 saturated carbocycles. The summed E-state index contributed by atoms with van der Waals surface area (Å²) in [5.41, 5.74) is -0.382. The van der Waals surface area contributed by atoms with Gasteiger partial charge in [0.25, 0.3) is 0 Å². The summed E-state index contributed by atoms with van der Waals surface area (Å²) < 4.78 is 11.0. The van der Waals surface area contributed by atoms with Crippen LogP contribution in [0.5, 0.6) is 0 Å². The first kappa shape index (κ1) is 18.3. The summed E-state index contributed by atoms with van der Waals surface area (Å²) in [6, 6.07) is 0.320. The minimum absolute atomic E-state index is 0.0644. The molecule has 3 aliphatic rings. The van der Waals surface area contributed by atoms with Crippen LogP contribution in [0.1, 0.15) is 32.1 Å². The summed E-state index contributed by atoms with van der Waals surface area (Å²) in [4.78, 5) is 14.7. The second kappa shape index (κ2) is 8.75. The lowest BCUT2D eigenvalue weighted by Gasteiger charge is -2.37. The van der Waals surface area contributed by atoms with Gasteiger partial charge in [-0.15, -0.1) is 12.3 Å². The molecule has 0 bridgehead atoms. The van der Waals surface area contributed by atoms with E-state index in [0.29, 0.717) is 37.8 Å². The number of nitrogens with one attached hydrogen (secondary N) is 1. The van der Waals surface area contributed by atoms with E-state index in [4.69, 9.17) is 15.9 Å². The van der Waals surface area contributed by atoms with Crippen molar-refractivity contribution in [3.63, 3.8) is 0 Å². The molecule has 2 saturated heterocycles. The first-order valence-electron chi connectivity index (χ1n) is 9.26. The maximum atomic E-state index is 12.3. The van der Waals surface area contributed by atoms with Crippen molar-refractivity contribution in [2.24, 2.45) is 16.1 Å². The zero-order valence-electron chi connectivity index (χ0n) is 14.8. The zero-order chi connectivity index (χ0) is 17.5. The van der Waals surface area contributed by atoms with E-state index in [-0.39, 0.29) is 11.6 Å². The number of nitrogens with zero attached hydrogens (tertiary/aromatic N) is 3. The van der Waals surface area contributed by atoms with Crippen LogP contribution in [0.25, 0.3) is 0 Å². The number of carbonyl (C=O) groups is 1. The Labute approximate surface area is 149 Å². The van der Waals surface area contributed by atoms with E-state index in [0.717, 1.165) is 52.4 Å². The summed E-state index contributed by atoms with van der Waals surface area (Å²) in [5, 5.41) is 11.3. The standard InChI is InChI=1S/C18H28N4O3/c1-2-3-6-18(20-21-18)7-4-17(23)19-13-16(15-5-10-25-14-15)22-8-11-24-12-9-22/h1,15-16H,3-14H2,(H,19,23). The van der Waals surface area contributed by atoms with Crippen molar-refractivity contribution in [3.05, 3.63) is 0 Å². The molecular formula is C18H28N4O3. The average Bonchev–Trinajstić information content (AvgIpc) is 3.22. The van der Waals surface area contributed by atoms with Crippen LogP contribution in [0.2, 0.25) is 0 Å². The van der Waals surface area contributed by atoms with Gasteiger partial charge in [0.15, 0.2) is 5.66 Å². The molecule has 138 valence electrons. The van der Waals surface area contributed by atoms with Crippen molar-refractivity contribution in [2.75, 3.05) is 46.1 Å². The molecule has 0 aliphatic carbocycles. The molecule has 3 rings (SSSR count). The lowest BCUT2D eigenvalue weighted by molar-refractivity contribution is -0.121. The third-order valence-electron chi connectivity index (χ3n) is 5.34. The zero-order valence-corrected chi connectivity index (χ0v) is 14.8. The number of amides is 1. The lowest BCUT2D eigenvalue weighted by atomic mass is 9.96. The highest BCUT2D eigenvalue weighted by Gasteiger charge is 2.39. The molecular weight excluding hydrogens is 320 g/mol. The van der Waals surface area contributed by atoms with E-state index in [1.165, 1.54) is 0 Å². The van der Waals surface area contributed by atoms with Crippen LogP contribution >= 0.6 is 0 Å². The SMILES string of the molecule is C#CCCC1(CCC(=O)NCC(C2CCOC2)N2CCOCC2)N=N1. The number of carbonyl (C=O) groups excluding carboxylic acids is 1. The van der Waals surface area contributed by atoms with Crippen LogP contribution in [0.15, 0.2) is 10.2 Å². The quantitative estimate of drug-likeness (QED) is 0.635. The van der Waals surface area contributed by atoms with Crippen molar-refractivity contribution >= 4 is 5.91 Å². The first-order valence-corrected chi connectivity index (χ1v) is 9.26. The largest absolute Gasteiger partial charge is 0.381 e. The van der Waals surface area contributed by atoms with Crippen LogP contribution in [-0.2, 0) is 14.3 Å². The number of ether oxygens (including phenoxy) is 2. The molecule has 7 heteroatoms. The molecule has 3 heterocycles. The lowest BCUT2D eigenvalue weighted by Crippen LogP contribution is -2.52. The number of rotatable bonds is 9. The Kier molecular flexibility index (Phi) is 6.40. The molecule has 25 heavy (non-hydrogen) atoms. The third kappa shape index (κ3) is 5.24. The number of hydrogen-bond donors (Lipinski definition) is 1. The molecule has 0 aromatic heterocycles. The van der Waals surface area contributed by atoms with Crippen molar-refractivity contribution in [1.29, 1.82) is 0 Å². The summed E-state index contributed by atoms with van der Waals surface area (Å²) in [6.45, 7) is 5.63. The summed E-state index contributed by atoms with van der Waals surface area (Å²) in [7, 11) is 0. The molecule has 0 spiro atoms. The highest BCUT2D eigenvalue weighted by molar-refractivity contribution is 5.76. The van der Waals surface area contributed by atoms with Gasteiger partial charge in [0, 0.05) is 63.9 Å². The highest BCUT2D eigenvalue weighted by Crippen LogP contribution is 2.37. The first-order chi connectivity index (χ1) is 12.2. The van der Waals surface area contributed by atoms with Gasteiger partial charge in [-0.1, -0.05) is 0 Å². The maximum Gasteiger partial charge on any atom is 0.220 e. The third-order valence-corrected chi connectivity index (χ3v) is 5.34. The van der Waals surface area contributed by atoms with E-state index in [1.54, 1.807) is 0 Å². The number of hydrogen-bond acceptors (Lipinski definition) is 6. The van der Waals surface area contributed by atoms with Gasteiger partial charge in [-0.3, -0.25) is 9.69 Å². The fourth-order valence-corrected chi connectivity index (χ4v) is 3.65. The van der Waals surface area contributed by atoms with E-state index in [1.807, 2.05) is 0 Å². The van der Waals surface area contributed by atoms with Crippen molar-refractivity contribution in [3.8, 4) is 12.3 Å². The van der Waals surface area contributed by atoms with E-state index < -0.39 is 0 Å². The van der Waals surface area contributed by atoms with Gasteiger partial charge in [-0.25, -0.2) is 0 Å². The summed E-state index contributed by atoms with van der Waals surface area (Å²) >= 11 is 0. The predicted octanol–water partition coefficient (Wildman–Crippen LogP) is 1.20. The predicted molar refractivity (Wildman–Crippen MR) is 93.0 cm³/mol. The van der Waals surface area contributed by atoms with Crippen molar-refractivity contribution in [1.82, 2.24) is 10.2 Å². The van der Waals surface area contributed by atoms with Gasteiger partial charge in [0.1, 0.15) is 0 Å². The molecule has 0 radical (unpaired) electrons. The smallest absolute Gasteiger partial charge is 0.220 e. The summed E-state index contributed by atoms with van der Waals surface area (Å²) in [6.07, 6.45) is 8.83. The van der Waals surface area contributed by atoms with Crippen LogP contribution in [0.4, 0.5) is 0 Å². The van der Waals surface area contributed by atoms with Crippen molar-refractivity contribution < 1.29 is 14.3 Å². The molecule has 2 unspecified atom stereocenters. The van der Waals surface area contributed by atoms with Gasteiger partial charge in [0.05, 0.1) is 19.8 Å². The van der Waals surface area contributed by atoms with Crippen LogP contribution in [-0.4, -0.2) is 68.6 Å². The topological polar surface area (TPSA) is 75.5 Å². The minimum Gasteiger partial charge on any atom is -0.381 e. The van der Waals surface area contributed by atoms with Gasteiger partial charge in [0.2, 0.25) is 5.91 Å². The van der Waals surface area contributed by atoms with Crippen molar-refractivity contribution in [2.45, 2.75) is 43.8 Å². The van der Waals surface area contributed by atoms with Crippen LogP contribution in [0, 0.1) is 18.3 Å². The Morgan fingerprint density at radius 2 is 2.08 bits per heavy atom. The average molecular weight is 348 g/mol. The number of morpholine rings is 1. The molecule has 2 atom stereocenters. The molecule has 0 aromatic rings. The van der Waals surface area contributed by atoms with E-state index in [9.17, 15) is 4.79 Å². The normalized spacial score (nSPS) is 26.1. The Bertz CT molecular complexity index is 513. The monoisotopic (exact) mass is 348 g/mol. The van der Waals surface area contributed by atoms with Crippen LogP contribution in [0.3, 0.4) is 0 Å². The van der Waals surface area contributed by atoms with E-state index >= 15 is 0 Å². The summed E-state index contributed by atoms with van der Waals surface area (Å²) in [5.74, 6) is 3.16. The molecule has 2 fully saturated rings. The van der Waals surface area contributed by atoms with Gasteiger partial charge in [-0.2, -0.15) is 10.2 Å². The van der Waals surface area contributed by atoms with Gasteiger partial charge >= 0.3 is 0 Å². The molecule has 1 amide bonds. The fourth-order valence-electron chi connectivity index (χ4n) is 3.65. The molecule has 7 nitrogen and oxygen atoms in total. The minimum atomic E-state index is -0.382. The Morgan fingerprint density at radius 3 is 2.72 bits per heavy atom. The van der Waals surface area contributed by atoms with Crippen LogP contribution < -0.4 is 5.32 Å². The molecule has 1 N–H and O–H groups in total. The second-order valence-electron chi connectivity index (χ2n) is 7.03. The number of terminal acetylenes is 1. The Hall–Kier alpha value is -1.49.